The number of anilines is 1. The normalized spacial score (nSPS) is 18.9. The van der Waals surface area contributed by atoms with Gasteiger partial charge in [-0.15, -0.1) is 0 Å². The third-order valence-electron chi connectivity index (χ3n) is 3.58. The van der Waals surface area contributed by atoms with Crippen molar-refractivity contribution >= 4 is 44.2 Å². The first-order chi connectivity index (χ1) is 9.58. The maximum Gasteiger partial charge on any atom is 0.251 e. The van der Waals surface area contributed by atoms with Crippen molar-refractivity contribution in [3.63, 3.8) is 0 Å². The van der Waals surface area contributed by atoms with Gasteiger partial charge in [0.2, 0.25) is 5.91 Å². The number of carbonyl (C=O) groups excluding carboxylic acids is 2. The fourth-order valence-electron chi connectivity index (χ4n) is 2.44. The van der Waals surface area contributed by atoms with E-state index in [1.807, 2.05) is 36.4 Å². The molecule has 0 bridgehead atoms. The van der Waals surface area contributed by atoms with Gasteiger partial charge >= 0.3 is 0 Å². The number of fused-ring (bicyclic) bond motifs is 1. The largest absolute Gasteiger partial charge is 0.373 e. The van der Waals surface area contributed by atoms with E-state index < -0.39 is 6.04 Å². The molecule has 2 amide bonds. The minimum atomic E-state index is -0.475. The van der Waals surface area contributed by atoms with Gasteiger partial charge in [0.15, 0.2) is 0 Å². The predicted molar refractivity (Wildman–Crippen MR) is 81.5 cm³/mol. The fourth-order valence-corrected chi connectivity index (χ4v) is 2.92. The SMILES string of the molecule is CN1C(=O)CC(Nc2ccc(Br)c3ccccc23)C1=O. The molecule has 1 aliphatic rings. The number of nitrogens with one attached hydrogen (secondary N) is 1. The summed E-state index contributed by atoms with van der Waals surface area (Å²) in [6, 6.07) is 11.3. The van der Waals surface area contributed by atoms with Gasteiger partial charge in [-0.2, -0.15) is 0 Å². The van der Waals surface area contributed by atoms with Crippen molar-refractivity contribution in [1.82, 2.24) is 4.90 Å². The molecule has 20 heavy (non-hydrogen) atoms. The Morgan fingerprint density at radius 2 is 1.85 bits per heavy atom. The van der Waals surface area contributed by atoms with Crippen molar-refractivity contribution in [2.24, 2.45) is 0 Å². The first-order valence-corrected chi connectivity index (χ1v) is 7.11. The Morgan fingerprint density at radius 3 is 2.50 bits per heavy atom. The Balaban J connectivity index is 1.98. The molecule has 0 radical (unpaired) electrons. The van der Waals surface area contributed by atoms with E-state index in [2.05, 4.69) is 21.2 Å². The fraction of sp³-hybridized carbons (Fsp3) is 0.200. The van der Waals surface area contributed by atoms with Gasteiger partial charge in [0.05, 0.1) is 6.42 Å². The second-order valence-electron chi connectivity index (χ2n) is 4.83. The first-order valence-electron chi connectivity index (χ1n) is 6.32. The highest BCUT2D eigenvalue weighted by atomic mass is 79.9. The monoisotopic (exact) mass is 332 g/mol. The van der Waals surface area contributed by atoms with Crippen molar-refractivity contribution in [3.8, 4) is 0 Å². The quantitative estimate of drug-likeness (QED) is 0.860. The third kappa shape index (κ3) is 2.08. The standard InChI is InChI=1S/C15H13BrN2O2/c1-18-14(19)8-13(15(18)20)17-12-7-6-11(16)9-4-2-3-5-10(9)12/h2-7,13,17H,8H2,1H3. The molecule has 0 aliphatic carbocycles. The van der Waals surface area contributed by atoms with Crippen LogP contribution >= 0.6 is 15.9 Å². The van der Waals surface area contributed by atoms with Gasteiger partial charge in [-0.05, 0) is 17.5 Å². The number of benzene rings is 2. The van der Waals surface area contributed by atoms with E-state index in [1.165, 1.54) is 11.9 Å². The molecule has 1 heterocycles. The molecule has 4 nitrogen and oxygen atoms in total. The highest BCUT2D eigenvalue weighted by molar-refractivity contribution is 9.10. The molecule has 1 fully saturated rings. The van der Waals surface area contributed by atoms with Crippen LogP contribution in [0.1, 0.15) is 6.42 Å². The molecule has 3 rings (SSSR count). The highest BCUT2D eigenvalue weighted by Crippen LogP contribution is 2.31. The molecule has 0 aromatic heterocycles. The molecule has 2 aromatic rings. The lowest BCUT2D eigenvalue weighted by Gasteiger charge is -2.15. The second-order valence-corrected chi connectivity index (χ2v) is 5.69. The topological polar surface area (TPSA) is 49.4 Å². The number of nitrogens with zero attached hydrogens (tertiary/aromatic N) is 1. The number of imide groups is 1. The Labute approximate surface area is 124 Å². The Morgan fingerprint density at radius 1 is 1.15 bits per heavy atom. The maximum absolute atomic E-state index is 12.0. The number of hydrogen-bond donors (Lipinski definition) is 1. The third-order valence-corrected chi connectivity index (χ3v) is 4.27. The molecule has 1 atom stereocenters. The summed E-state index contributed by atoms with van der Waals surface area (Å²) in [5, 5.41) is 5.29. The number of hydrogen-bond acceptors (Lipinski definition) is 3. The van der Waals surface area contributed by atoms with Crippen LogP contribution in [0.25, 0.3) is 10.8 Å². The van der Waals surface area contributed by atoms with Crippen LogP contribution < -0.4 is 5.32 Å². The molecule has 0 saturated carbocycles. The summed E-state index contributed by atoms with van der Waals surface area (Å²) in [6.45, 7) is 0. The van der Waals surface area contributed by atoms with Crippen LogP contribution in [0.15, 0.2) is 40.9 Å². The van der Waals surface area contributed by atoms with Crippen molar-refractivity contribution in [2.45, 2.75) is 12.5 Å². The molecule has 0 spiro atoms. The molecule has 5 heteroatoms. The molecule has 1 unspecified atom stereocenters. The Hall–Kier alpha value is -1.88. The van der Waals surface area contributed by atoms with Crippen LogP contribution in [0.3, 0.4) is 0 Å². The van der Waals surface area contributed by atoms with Gasteiger partial charge in [0, 0.05) is 22.6 Å². The molecule has 1 saturated heterocycles. The summed E-state index contributed by atoms with van der Waals surface area (Å²) in [5.41, 5.74) is 0.866. The van der Waals surface area contributed by atoms with E-state index in [4.69, 9.17) is 0 Å². The lowest BCUT2D eigenvalue weighted by Crippen LogP contribution is -2.31. The van der Waals surface area contributed by atoms with Crippen molar-refractivity contribution in [3.05, 3.63) is 40.9 Å². The van der Waals surface area contributed by atoms with E-state index in [0.717, 1.165) is 20.9 Å². The van der Waals surface area contributed by atoms with Crippen molar-refractivity contribution in [2.75, 3.05) is 12.4 Å². The average Bonchev–Trinajstić information content (AvgIpc) is 2.70. The van der Waals surface area contributed by atoms with E-state index in [9.17, 15) is 9.59 Å². The molecular weight excluding hydrogens is 320 g/mol. The summed E-state index contributed by atoms with van der Waals surface area (Å²) >= 11 is 3.52. The smallest absolute Gasteiger partial charge is 0.251 e. The number of halogens is 1. The zero-order chi connectivity index (χ0) is 14.3. The minimum absolute atomic E-state index is 0.145. The first kappa shape index (κ1) is 13.1. The Bertz CT molecular complexity index is 714. The number of carbonyl (C=O) groups is 2. The Kier molecular flexibility index (Phi) is 3.22. The van der Waals surface area contributed by atoms with Gasteiger partial charge in [-0.3, -0.25) is 14.5 Å². The van der Waals surface area contributed by atoms with E-state index >= 15 is 0 Å². The van der Waals surface area contributed by atoms with Crippen LogP contribution in [-0.4, -0.2) is 29.8 Å². The van der Waals surface area contributed by atoms with Gasteiger partial charge in [-0.25, -0.2) is 0 Å². The lowest BCUT2D eigenvalue weighted by atomic mass is 10.1. The molecule has 102 valence electrons. The van der Waals surface area contributed by atoms with Gasteiger partial charge in [0.25, 0.3) is 5.91 Å². The van der Waals surface area contributed by atoms with Crippen LogP contribution in [0.5, 0.6) is 0 Å². The zero-order valence-corrected chi connectivity index (χ0v) is 12.5. The minimum Gasteiger partial charge on any atom is -0.373 e. The van der Waals surface area contributed by atoms with Crippen LogP contribution in [-0.2, 0) is 9.59 Å². The van der Waals surface area contributed by atoms with Gasteiger partial charge in [-0.1, -0.05) is 40.2 Å². The summed E-state index contributed by atoms with van der Waals surface area (Å²) in [6.07, 6.45) is 0.208. The molecule has 1 N–H and O–H groups in total. The maximum atomic E-state index is 12.0. The number of likely N-dealkylation sites (N-methyl/N-ethyl adjacent to an activating group) is 1. The zero-order valence-electron chi connectivity index (χ0n) is 10.9. The summed E-state index contributed by atoms with van der Waals surface area (Å²) in [5.74, 6) is -0.323. The van der Waals surface area contributed by atoms with Crippen molar-refractivity contribution in [1.29, 1.82) is 0 Å². The number of rotatable bonds is 2. The van der Waals surface area contributed by atoms with E-state index in [0.29, 0.717) is 0 Å². The molecular formula is C15H13BrN2O2. The van der Waals surface area contributed by atoms with Gasteiger partial charge in [0.1, 0.15) is 6.04 Å². The number of likely N-dealkylation sites (tertiary alicyclic amines) is 1. The predicted octanol–water partition coefficient (Wildman–Crippen LogP) is 2.77. The van der Waals surface area contributed by atoms with E-state index in [-0.39, 0.29) is 18.2 Å². The van der Waals surface area contributed by atoms with Crippen LogP contribution in [0.4, 0.5) is 5.69 Å². The molecule has 2 aromatic carbocycles. The van der Waals surface area contributed by atoms with Gasteiger partial charge < -0.3 is 5.32 Å². The second kappa shape index (κ2) is 4.90. The highest BCUT2D eigenvalue weighted by Gasteiger charge is 2.36. The van der Waals surface area contributed by atoms with Crippen LogP contribution in [0.2, 0.25) is 0 Å². The van der Waals surface area contributed by atoms with E-state index in [1.54, 1.807) is 0 Å². The van der Waals surface area contributed by atoms with Crippen LogP contribution in [0, 0.1) is 0 Å². The average molecular weight is 333 g/mol. The summed E-state index contributed by atoms with van der Waals surface area (Å²) < 4.78 is 1.00. The summed E-state index contributed by atoms with van der Waals surface area (Å²) in [7, 11) is 1.52. The van der Waals surface area contributed by atoms with Crippen molar-refractivity contribution < 1.29 is 9.59 Å². The summed E-state index contributed by atoms with van der Waals surface area (Å²) in [4.78, 5) is 24.7. The number of amides is 2. The molecule has 1 aliphatic heterocycles. The lowest BCUT2D eigenvalue weighted by molar-refractivity contribution is -0.136.